The van der Waals surface area contributed by atoms with Crippen LogP contribution in [0.5, 0.6) is 0 Å². The van der Waals surface area contributed by atoms with Crippen LogP contribution in [-0.4, -0.2) is 13.2 Å². The van der Waals surface area contributed by atoms with Gasteiger partial charge in [0.15, 0.2) is 6.29 Å². The van der Waals surface area contributed by atoms with E-state index >= 15 is 0 Å². The fourth-order valence-corrected chi connectivity index (χ4v) is 1.50. The van der Waals surface area contributed by atoms with E-state index in [1.54, 1.807) is 12.1 Å². The predicted octanol–water partition coefficient (Wildman–Crippen LogP) is 2.90. The van der Waals surface area contributed by atoms with Crippen LogP contribution >= 0.6 is 0 Å². The molecule has 0 aliphatic carbocycles. The van der Waals surface area contributed by atoms with Crippen molar-refractivity contribution in [3.63, 3.8) is 0 Å². The first-order valence-electron chi connectivity index (χ1n) is 5.05. The van der Waals surface area contributed by atoms with Gasteiger partial charge < -0.3 is 9.47 Å². The molecule has 1 fully saturated rings. The highest BCUT2D eigenvalue weighted by Gasteiger charge is 2.28. The summed E-state index contributed by atoms with van der Waals surface area (Å²) in [4.78, 5) is 0. The lowest BCUT2D eigenvalue weighted by atomic mass is 9.95. The fourth-order valence-electron chi connectivity index (χ4n) is 1.50. The van der Waals surface area contributed by atoms with Gasteiger partial charge in [-0.1, -0.05) is 26.0 Å². The summed E-state index contributed by atoms with van der Waals surface area (Å²) in [7, 11) is 0. The van der Waals surface area contributed by atoms with Gasteiger partial charge in [-0.25, -0.2) is 4.39 Å². The maximum atomic E-state index is 12.7. The Morgan fingerprint density at radius 2 is 1.67 bits per heavy atom. The Balaban J connectivity index is 2.04. The van der Waals surface area contributed by atoms with Crippen LogP contribution in [0.3, 0.4) is 0 Å². The topological polar surface area (TPSA) is 18.5 Å². The van der Waals surface area contributed by atoms with Crippen molar-refractivity contribution in [2.24, 2.45) is 5.41 Å². The van der Waals surface area contributed by atoms with Gasteiger partial charge in [-0.3, -0.25) is 0 Å². The van der Waals surface area contributed by atoms with Crippen LogP contribution in [0.25, 0.3) is 0 Å². The van der Waals surface area contributed by atoms with Crippen LogP contribution in [0, 0.1) is 11.2 Å². The van der Waals surface area contributed by atoms with Gasteiger partial charge in [0.25, 0.3) is 0 Å². The second-order valence-electron chi connectivity index (χ2n) is 4.67. The minimum Gasteiger partial charge on any atom is -0.348 e. The summed E-state index contributed by atoms with van der Waals surface area (Å²) in [5, 5.41) is 0. The standard InChI is InChI=1S/C12H15FO2/c1-12(2)7-14-11(15-8-12)9-3-5-10(13)6-4-9/h3-6,11H,7-8H2,1-2H3. The Kier molecular flexibility index (Phi) is 2.76. The molecular weight excluding hydrogens is 195 g/mol. The summed E-state index contributed by atoms with van der Waals surface area (Å²) in [6.45, 7) is 5.51. The maximum Gasteiger partial charge on any atom is 0.183 e. The Morgan fingerprint density at radius 3 is 2.20 bits per heavy atom. The molecule has 15 heavy (non-hydrogen) atoms. The van der Waals surface area contributed by atoms with Gasteiger partial charge in [-0.05, 0) is 12.1 Å². The average Bonchev–Trinajstić information content (AvgIpc) is 2.20. The molecular formula is C12H15FO2. The molecule has 2 rings (SSSR count). The zero-order valence-corrected chi connectivity index (χ0v) is 9.00. The smallest absolute Gasteiger partial charge is 0.183 e. The van der Waals surface area contributed by atoms with Crippen molar-refractivity contribution < 1.29 is 13.9 Å². The van der Waals surface area contributed by atoms with E-state index in [-0.39, 0.29) is 17.5 Å². The third-order valence-corrected chi connectivity index (χ3v) is 2.39. The molecule has 0 radical (unpaired) electrons. The molecule has 1 aromatic carbocycles. The molecule has 1 saturated heterocycles. The number of hydrogen-bond acceptors (Lipinski definition) is 2. The molecule has 0 aromatic heterocycles. The number of hydrogen-bond donors (Lipinski definition) is 0. The lowest BCUT2D eigenvalue weighted by Crippen LogP contribution is -2.33. The Morgan fingerprint density at radius 1 is 1.13 bits per heavy atom. The van der Waals surface area contributed by atoms with Crippen molar-refractivity contribution in [2.75, 3.05) is 13.2 Å². The number of ether oxygens (including phenoxy) is 2. The Labute approximate surface area is 89.0 Å². The molecule has 1 aliphatic rings. The molecule has 3 heteroatoms. The van der Waals surface area contributed by atoms with Gasteiger partial charge in [-0.15, -0.1) is 0 Å². The summed E-state index contributed by atoms with van der Waals surface area (Å²) in [6.07, 6.45) is -0.348. The van der Waals surface area contributed by atoms with Crippen LogP contribution in [0.4, 0.5) is 4.39 Å². The van der Waals surface area contributed by atoms with Gasteiger partial charge >= 0.3 is 0 Å². The van der Waals surface area contributed by atoms with Crippen LogP contribution < -0.4 is 0 Å². The fraction of sp³-hybridized carbons (Fsp3) is 0.500. The third-order valence-electron chi connectivity index (χ3n) is 2.39. The quantitative estimate of drug-likeness (QED) is 0.709. The predicted molar refractivity (Wildman–Crippen MR) is 54.8 cm³/mol. The van der Waals surface area contributed by atoms with E-state index in [4.69, 9.17) is 9.47 Å². The molecule has 0 bridgehead atoms. The maximum absolute atomic E-state index is 12.7. The summed E-state index contributed by atoms with van der Waals surface area (Å²) in [5.74, 6) is -0.241. The molecule has 0 unspecified atom stereocenters. The highest BCUT2D eigenvalue weighted by molar-refractivity contribution is 5.17. The van der Waals surface area contributed by atoms with Crippen molar-refractivity contribution in [2.45, 2.75) is 20.1 Å². The highest BCUT2D eigenvalue weighted by Crippen LogP contribution is 2.30. The first-order valence-corrected chi connectivity index (χ1v) is 5.05. The van der Waals surface area contributed by atoms with Gasteiger partial charge in [-0.2, -0.15) is 0 Å². The lowest BCUT2D eigenvalue weighted by Gasteiger charge is -2.34. The molecule has 1 aromatic rings. The average molecular weight is 210 g/mol. The van der Waals surface area contributed by atoms with Gasteiger partial charge in [0, 0.05) is 11.0 Å². The van der Waals surface area contributed by atoms with Crippen molar-refractivity contribution in [1.82, 2.24) is 0 Å². The number of rotatable bonds is 1. The Bertz CT molecular complexity index is 322. The number of halogens is 1. The SMILES string of the molecule is CC1(C)COC(c2ccc(F)cc2)OC1. The zero-order chi connectivity index (χ0) is 10.9. The lowest BCUT2D eigenvalue weighted by molar-refractivity contribution is -0.226. The highest BCUT2D eigenvalue weighted by atomic mass is 19.1. The van der Waals surface area contributed by atoms with E-state index in [1.807, 2.05) is 0 Å². The van der Waals surface area contributed by atoms with Crippen LogP contribution in [0.2, 0.25) is 0 Å². The molecule has 0 N–H and O–H groups in total. The van der Waals surface area contributed by atoms with Crippen molar-refractivity contribution >= 4 is 0 Å². The molecule has 0 atom stereocenters. The molecule has 0 saturated carbocycles. The molecule has 1 aliphatic heterocycles. The molecule has 0 spiro atoms. The minimum atomic E-state index is -0.348. The molecule has 2 nitrogen and oxygen atoms in total. The largest absolute Gasteiger partial charge is 0.348 e. The second-order valence-corrected chi connectivity index (χ2v) is 4.67. The van der Waals surface area contributed by atoms with Crippen LogP contribution in [-0.2, 0) is 9.47 Å². The van der Waals surface area contributed by atoms with E-state index in [2.05, 4.69) is 13.8 Å². The van der Waals surface area contributed by atoms with Crippen molar-refractivity contribution in [1.29, 1.82) is 0 Å². The van der Waals surface area contributed by atoms with Gasteiger partial charge in [0.2, 0.25) is 0 Å². The van der Waals surface area contributed by atoms with Gasteiger partial charge in [0.1, 0.15) is 5.82 Å². The summed E-state index contributed by atoms with van der Waals surface area (Å²) >= 11 is 0. The van der Waals surface area contributed by atoms with E-state index in [9.17, 15) is 4.39 Å². The van der Waals surface area contributed by atoms with E-state index in [1.165, 1.54) is 12.1 Å². The summed E-state index contributed by atoms with van der Waals surface area (Å²) in [5.41, 5.74) is 0.934. The minimum absolute atomic E-state index is 0.0660. The van der Waals surface area contributed by atoms with Crippen LogP contribution in [0.15, 0.2) is 24.3 Å². The monoisotopic (exact) mass is 210 g/mol. The van der Waals surface area contributed by atoms with Crippen LogP contribution in [0.1, 0.15) is 25.7 Å². The first-order chi connectivity index (χ1) is 7.07. The molecule has 0 amide bonds. The van der Waals surface area contributed by atoms with Gasteiger partial charge in [0.05, 0.1) is 13.2 Å². The van der Waals surface area contributed by atoms with Crippen molar-refractivity contribution in [3.8, 4) is 0 Å². The molecule has 82 valence electrons. The summed E-state index contributed by atoms with van der Waals surface area (Å²) in [6, 6.07) is 6.22. The number of benzene rings is 1. The zero-order valence-electron chi connectivity index (χ0n) is 9.00. The Hall–Kier alpha value is -0.930. The first kappa shape index (κ1) is 10.6. The summed E-state index contributed by atoms with van der Waals surface area (Å²) < 4.78 is 23.8. The van der Waals surface area contributed by atoms with E-state index < -0.39 is 0 Å². The second kappa shape index (κ2) is 3.91. The van der Waals surface area contributed by atoms with Crippen molar-refractivity contribution in [3.05, 3.63) is 35.6 Å². The van der Waals surface area contributed by atoms with E-state index in [0.717, 1.165) is 5.56 Å². The molecule has 1 heterocycles. The van der Waals surface area contributed by atoms with E-state index in [0.29, 0.717) is 13.2 Å². The normalized spacial score (nSPS) is 21.5. The third kappa shape index (κ3) is 2.55.